The summed E-state index contributed by atoms with van der Waals surface area (Å²) < 4.78 is 14.8. The average molecular weight is 343 g/mol. The van der Waals surface area contributed by atoms with Crippen LogP contribution in [0.4, 0.5) is 9.18 Å². The predicted molar refractivity (Wildman–Crippen MR) is 86.1 cm³/mol. The van der Waals surface area contributed by atoms with Gasteiger partial charge in [0.05, 0.1) is 16.9 Å². The van der Waals surface area contributed by atoms with Crippen molar-refractivity contribution in [3.63, 3.8) is 0 Å². The number of fused-ring (bicyclic) bond motifs is 1. The number of nitrogens with zero attached hydrogens (tertiary/aromatic N) is 3. The molecule has 1 amide bonds. The van der Waals surface area contributed by atoms with E-state index in [2.05, 4.69) is 20.5 Å². The second-order valence-corrected chi connectivity index (χ2v) is 5.97. The lowest BCUT2D eigenvalue weighted by Crippen LogP contribution is -2.35. The van der Waals surface area contributed by atoms with Crippen LogP contribution in [0.3, 0.4) is 0 Å². The van der Waals surface area contributed by atoms with E-state index in [0.29, 0.717) is 5.52 Å². The highest BCUT2D eigenvalue weighted by Gasteiger charge is 2.37. The van der Waals surface area contributed by atoms with E-state index in [0.717, 1.165) is 18.9 Å². The molecular formula is C16H14FN5O3. The number of halogens is 1. The van der Waals surface area contributed by atoms with Gasteiger partial charge in [0.1, 0.15) is 11.6 Å². The van der Waals surface area contributed by atoms with Gasteiger partial charge < -0.3 is 10.4 Å². The quantitative estimate of drug-likeness (QED) is 0.670. The third-order valence-electron chi connectivity index (χ3n) is 4.22. The predicted octanol–water partition coefficient (Wildman–Crippen LogP) is 1.97. The molecule has 1 saturated carbocycles. The molecule has 4 rings (SSSR count). The number of nitrogens with one attached hydrogen (secondary N) is 2. The molecule has 25 heavy (non-hydrogen) atoms. The minimum absolute atomic E-state index is 0.0612. The minimum atomic E-state index is -1.20. The monoisotopic (exact) mass is 343 g/mol. The van der Waals surface area contributed by atoms with Gasteiger partial charge in [-0.1, -0.05) is 0 Å². The molecule has 8 nitrogen and oxygen atoms in total. The normalized spacial score (nSPS) is 15.2. The maximum Gasteiger partial charge on any atom is 0.405 e. The third kappa shape index (κ3) is 2.73. The number of rotatable bonds is 4. The molecule has 1 aromatic carbocycles. The first-order chi connectivity index (χ1) is 12.0. The van der Waals surface area contributed by atoms with Crippen molar-refractivity contribution < 1.29 is 14.3 Å². The maximum atomic E-state index is 13.6. The Hall–Kier alpha value is -3.23. The molecule has 1 aliphatic carbocycles. The van der Waals surface area contributed by atoms with Crippen molar-refractivity contribution in [1.29, 1.82) is 0 Å². The van der Waals surface area contributed by atoms with Crippen LogP contribution in [0.5, 0.6) is 0 Å². The summed E-state index contributed by atoms with van der Waals surface area (Å²) in [4.78, 5) is 28.6. The SMILES string of the molecule is O=C(O)NC(c1nc2ccc(F)cc2c(=O)n1-c1cc[nH]n1)C1CC1. The molecule has 1 unspecified atom stereocenters. The van der Waals surface area contributed by atoms with E-state index >= 15 is 0 Å². The minimum Gasteiger partial charge on any atom is -0.465 e. The number of benzene rings is 1. The Kier molecular flexibility index (Phi) is 3.48. The van der Waals surface area contributed by atoms with Crippen LogP contribution in [-0.2, 0) is 0 Å². The molecule has 9 heteroatoms. The Morgan fingerprint density at radius 3 is 2.84 bits per heavy atom. The van der Waals surface area contributed by atoms with E-state index in [-0.39, 0.29) is 22.9 Å². The highest BCUT2D eigenvalue weighted by atomic mass is 19.1. The van der Waals surface area contributed by atoms with Crippen molar-refractivity contribution in [2.24, 2.45) is 5.92 Å². The molecule has 1 atom stereocenters. The third-order valence-corrected chi connectivity index (χ3v) is 4.22. The molecule has 2 aromatic heterocycles. The van der Waals surface area contributed by atoms with Crippen molar-refractivity contribution in [3.05, 3.63) is 52.5 Å². The lowest BCUT2D eigenvalue weighted by molar-refractivity contribution is 0.187. The standard InChI is InChI=1S/C16H14FN5O3/c17-9-3-4-11-10(7-9)15(23)22(12-5-6-18-21-12)14(19-11)13(8-1-2-8)20-16(24)25/h3-8,13,20H,1-2H2,(H,18,21)(H,24,25). The molecule has 0 bridgehead atoms. The Balaban J connectivity index is 2.01. The van der Waals surface area contributed by atoms with Gasteiger partial charge in [0.25, 0.3) is 5.56 Å². The largest absolute Gasteiger partial charge is 0.465 e. The van der Waals surface area contributed by atoms with Crippen LogP contribution in [0, 0.1) is 11.7 Å². The van der Waals surface area contributed by atoms with Crippen molar-refractivity contribution in [2.75, 3.05) is 0 Å². The number of H-pyrrole nitrogens is 1. The summed E-state index contributed by atoms with van der Waals surface area (Å²) in [5.74, 6) is 0.0406. The molecule has 0 spiro atoms. The summed E-state index contributed by atoms with van der Waals surface area (Å²) >= 11 is 0. The molecule has 0 aliphatic heterocycles. The van der Waals surface area contributed by atoms with Gasteiger partial charge in [0.2, 0.25) is 0 Å². The molecule has 2 heterocycles. The fourth-order valence-corrected chi connectivity index (χ4v) is 2.94. The Labute approximate surface area is 140 Å². The summed E-state index contributed by atoms with van der Waals surface area (Å²) in [6.45, 7) is 0. The van der Waals surface area contributed by atoms with Crippen molar-refractivity contribution in [3.8, 4) is 5.82 Å². The lowest BCUT2D eigenvalue weighted by atomic mass is 10.1. The number of aromatic nitrogens is 4. The van der Waals surface area contributed by atoms with E-state index in [9.17, 15) is 14.0 Å². The van der Waals surface area contributed by atoms with Crippen LogP contribution >= 0.6 is 0 Å². The van der Waals surface area contributed by atoms with Crippen LogP contribution in [0.15, 0.2) is 35.3 Å². The number of carboxylic acid groups (broad SMARTS) is 1. The summed E-state index contributed by atoms with van der Waals surface area (Å²) in [5, 5.41) is 18.3. The van der Waals surface area contributed by atoms with Gasteiger partial charge in [0.15, 0.2) is 5.82 Å². The van der Waals surface area contributed by atoms with Gasteiger partial charge >= 0.3 is 6.09 Å². The molecular weight excluding hydrogens is 329 g/mol. The van der Waals surface area contributed by atoms with E-state index in [1.807, 2.05) is 0 Å². The van der Waals surface area contributed by atoms with E-state index in [4.69, 9.17) is 5.11 Å². The molecule has 0 saturated heterocycles. The number of hydrogen-bond donors (Lipinski definition) is 3. The Morgan fingerprint density at radius 1 is 1.40 bits per heavy atom. The van der Waals surface area contributed by atoms with Gasteiger partial charge in [0, 0.05) is 12.3 Å². The smallest absolute Gasteiger partial charge is 0.405 e. The first kappa shape index (κ1) is 15.3. The molecule has 3 aromatic rings. The van der Waals surface area contributed by atoms with Crippen LogP contribution in [0.25, 0.3) is 16.7 Å². The summed E-state index contributed by atoms with van der Waals surface area (Å²) in [5.41, 5.74) is -0.185. The summed E-state index contributed by atoms with van der Waals surface area (Å²) in [7, 11) is 0. The number of aromatic amines is 1. The van der Waals surface area contributed by atoms with Crippen LogP contribution in [0.2, 0.25) is 0 Å². The molecule has 1 aliphatic rings. The number of hydrogen-bond acceptors (Lipinski definition) is 4. The van der Waals surface area contributed by atoms with Crippen molar-refractivity contribution in [2.45, 2.75) is 18.9 Å². The second-order valence-electron chi connectivity index (χ2n) is 5.97. The zero-order chi connectivity index (χ0) is 17.6. The van der Waals surface area contributed by atoms with Gasteiger partial charge in [-0.3, -0.25) is 9.89 Å². The first-order valence-corrected chi connectivity index (χ1v) is 7.76. The van der Waals surface area contributed by atoms with Crippen molar-refractivity contribution >= 4 is 17.0 Å². The summed E-state index contributed by atoms with van der Waals surface area (Å²) in [6.07, 6.45) is 2.02. The number of carbonyl (C=O) groups is 1. The van der Waals surface area contributed by atoms with Gasteiger partial charge in [-0.05, 0) is 37.0 Å². The zero-order valence-electron chi connectivity index (χ0n) is 12.9. The average Bonchev–Trinajstić information content (AvgIpc) is 3.28. The first-order valence-electron chi connectivity index (χ1n) is 7.76. The lowest BCUT2D eigenvalue weighted by Gasteiger charge is -2.20. The molecule has 3 N–H and O–H groups in total. The van der Waals surface area contributed by atoms with Gasteiger partial charge in [-0.15, -0.1) is 0 Å². The Bertz CT molecular complexity index is 1010. The molecule has 0 radical (unpaired) electrons. The van der Waals surface area contributed by atoms with E-state index < -0.39 is 23.5 Å². The molecule has 128 valence electrons. The highest BCUT2D eigenvalue weighted by Crippen LogP contribution is 2.40. The van der Waals surface area contributed by atoms with Crippen LogP contribution < -0.4 is 10.9 Å². The maximum absolute atomic E-state index is 13.6. The number of amides is 1. The fraction of sp³-hybridized carbons (Fsp3) is 0.250. The zero-order valence-corrected chi connectivity index (χ0v) is 12.9. The van der Waals surface area contributed by atoms with E-state index in [1.54, 1.807) is 6.07 Å². The highest BCUT2D eigenvalue weighted by molar-refractivity contribution is 5.78. The van der Waals surface area contributed by atoms with Gasteiger partial charge in [-0.2, -0.15) is 5.10 Å². The van der Waals surface area contributed by atoms with E-state index in [1.165, 1.54) is 22.9 Å². The second kappa shape index (κ2) is 5.69. The fourth-order valence-electron chi connectivity index (χ4n) is 2.94. The van der Waals surface area contributed by atoms with Crippen molar-refractivity contribution in [1.82, 2.24) is 25.1 Å². The molecule has 1 fully saturated rings. The van der Waals surface area contributed by atoms with Gasteiger partial charge in [-0.25, -0.2) is 18.7 Å². The Morgan fingerprint density at radius 2 is 2.20 bits per heavy atom. The summed E-state index contributed by atoms with van der Waals surface area (Å²) in [6, 6.07) is 4.68. The van der Waals surface area contributed by atoms with Crippen LogP contribution in [0.1, 0.15) is 24.7 Å². The van der Waals surface area contributed by atoms with Crippen LogP contribution in [-0.4, -0.2) is 30.9 Å². The topological polar surface area (TPSA) is 113 Å².